The normalized spacial score (nSPS) is 34.3. The number of hydrogen-bond donors (Lipinski definition) is 2. The van der Waals surface area contributed by atoms with Crippen LogP contribution >= 0.6 is 0 Å². The molecule has 0 unspecified atom stereocenters. The maximum Gasteiger partial charge on any atom is 0.309 e. The third kappa shape index (κ3) is 3.97. The fourth-order valence-corrected chi connectivity index (χ4v) is 3.53. The van der Waals surface area contributed by atoms with Gasteiger partial charge < -0.3 is 10.6 Å². The van der Waals surface area contributed by atoms with Gasteiger partial charge in [-0.3, -0.25) is 9.59 Å². The predicted octanol–water partition coefficient (Wildman–Crippen LogP) is 2.38. The zero-order valence-electron chi connectivity index (χ0n) is 12.8. The molecule has 4 heteroatoms. The highest BCUT2D eigenvalue weighted by Gasteiger charge is 2.28. The van der Waals surface area contributed by atoms with Crippen molar-refractivity contribution in [2.24, 2.45) is 11.8 Å². The fourth-order valence-electron chi connectivity index (χ4n) is 3.53. The molecule has 2 rings (SSSR count). The summed E-state index contributed by atoms with van der Waals surface area (Å²) >= 11 is 0. The van der Waals surface area contributed by atoms with Gasteiger partial charge in [0.25, 0.3) is 0 Å². The van der Waals surface area contributed by atoms with Crippen molar-refractivity contribution in [3.8, 4) is 0 Å². The number of carbonyl (C=O) groups excluding carboxylic acids is 2. The summed E-state index contributed by atoms with van der Waals surface area (Å²) in [4.78, 5) is 24.0. The Kier molecular flexibility index (Phi) is 5.44. The number of rotatable bonds is 2. The lowest BCUT2D eigenvalue weighted by Crippen LogP contribution is -2.51. The molecular weight excluding hydrogens is 252 g/mol. The summed E-state index contributed by atoms with van der Waals surface area (Å²) < 4.78 is 0. The summed E-state index contributed by atoms with van der Waals surface area (Å²) in [5.41, 5.74) is 0. The summed E-state index contributed by atoms with van der Waals surface area (Å²) in [5.74, 6) is 0.0752. The summed E-state index contributed by atoms with van der Waals surface area (Å²) in [6.45, 7) is 4.32. The second-order valence-corrected chi connectivity index (χ2v) is 6.68. The minimum absolute atomic E-state index is 0.172. The first-order valence-electron chi connectivity index (χ1n) is 8.19. The van der Waals surface area contributed by atoms with E-state index in [4.69, 9.17) is 0 Å². The van der Waals surface area contributed by atoms with Crippen LogP contribution in [-0.4, -0.2) is 23.9 Å². The minimum Gasteiger partial charge on any atom is -0.345 e. The first kappa shape index (κ1) is 15.3. The Hall–Kier alpha value is -1.06. The Labute approximate surface area is 122 Å². The third-order valence-electron chi connectivity index (χ3n) is 5.06. The van der Waals surface area contributed by atoms with Gasteiger partial charge in [-0.2, -0.15) is 0 Å². The Balaban J connectivity index is 1.80. The fraction of sp³-hybridized carbons (Fsp3) is 0.875. The average molecular weight is 280 g/mol. The Morgan fingerprint density at radius 1 is 0.700 bits per heavy atom. The molecule has 20 heavy (non-hydrogen) atoms. The lowest BCUT2D eigenvalue weighted by Gasteiger charge is -2.31. The van der Waals surface area contributed by atoms with Gasteiger partial charge >= 0.3 is 11.8 Å². The molecule has 2 aliphatic carbocycles. The van der Waals surface area contributed by atoms with Gasteiger partial charge in [0.05, 0.1) is 0 Å². The molecule has 0 bridgehead atoms. The van der Waals surface area contributed by atoms with Gasteiger partial charge in [0, 0.05) is 12.1 Å². The van der Waals surface area contributed by atoms with Crippen molar-refractivity contribution in [2.75, 3.05) is 0 Å². The second-order valence-electron chi connectivity index (χ2n) is 6.68. The highest BCUT2D eigenvalue weighted by molar-refractivity contribution is 6.35. The largest absolute Gasteiger partial charge is 0.345 e. The van der Waals surface area contributed by atoms with E-state index in [0.717, 1.165) is 38.5 Å². The smallest absolute Gasteiger partial charge is 0.309 e. The molecule has 0 spiro atoms. The zero-order chi connectivity index (χ0) is 14.5. The van der Waals surface area contributed by atoms with E-state index in [1.807, 2.05) is 0 Å². The zero-order valence-corrected chi connectivity index (χ0v) is 12.8. The van der Waals surface area contributed by atoms with Gasteiger partial charge in [-0.15, -0.1) is 0 Å². The summed E-state index contributed by atoms with van der Waals surface area (Å²) in [7, 11) is 0. The van der Waals surface area contributed by atoms with E-state index in [9.17, 15) is 9.59 Å². The molecule has 0 aromatic carbocycles. The van der Waals surface area contributed by atoms with Crippen molar-refractivity contribution in [3.63, 3.8) is 0 Å². The molecule has 0 aliphatic heterocycles. The molecule has 0 radical (unpaired) electrons. The van der Waals surface area contributed by atoms with E-state index in [2.05, 4.69) is 24.5 Å². The minimum atomic E-state index is -0.443. The van der Waals surface area contributed by atoms with Gasteiger partial charge in [-0.25, -0.2) is 0 Å². The topological polar surface area (TPSA) is 58.2 Å². The molecule has 2 fully saturated rings. The van der Waals surface area contributed by atoms with E-state index < -0.39 is 11.8 Å². The first-order chi connectivity index (χ1) is 9.58. The maximum absolute atomic E-state index is 12.0. The molecule has 0 heterocycles. The molecule has 2 amide bonds. The molecule has 4 atom stereocenters. The van der Waals surface area contributed by atoms with Crippen LogP contribution < -0.4 is 10.6 Å². The number of hydrogen-bond acceptors (Lipinski definition) is 2. The molecule has 0 aromatic rings. The SMILES string of the molecule is C[C@@H]1CCCC[C@@H]1NC(=O)C(=O)N[C@H]1CCCC[C@@H]1C. The summed E-state index contributed by atoms with van der Waals surface area (Å²) in [5, 5.41) is 5.84. The monoisotopic (exact) mass is 280 g/mol. The van der Waals surface area contributed by atoms with Crippen LogP contribution in [0.25, 0.3) is 0 Å². The first-order valence-corrected chi connectivity index (χ1v) is 8.19. The van der Waals surface area contributed by atoms with E-state index >= 15 is 0 Å². The highest BCUT2D eigenvalue weighted by atomic mass is 16.2. The van der Waals surface area contributed by atoms with E-state index in [0.29, 0.717) is 11.8 Å². The molecule has 0 saturated heterocycles. The molecular formula is C16H28N2O2. The quantitative estimate of drug-likeness (QED) is 0.763. The van der Waals surface area contributed by atoms with Gasteiger partial charge in [-0.05, 0) is 37.5 Å². The standard InChI is InChI=1S/C16H28N2O2/c1-11-7-3-5-9-13(11)17-15(19)16(20)18-14-10-6-4-8-12(14)2/h11-14H,3-10H2,1-2H3,(H,17,19)(H,18,20)/t11-,12+,13-,14-/m0/s1. The van der Waals surface area contributed by atoms with Crippen LogP contribution in [0.5, 0.6) is 0 Å². The molecule has 114 valence electrons. The third-order valence-corrected chi connectivity index (χ3v) is 5.06. The predicted molar refractivity (Wildman–Crippen MR) is 79.1 cm³/mol. The lowest BCUT2D eigenvalue weighted by molar-refractivity contribution is -0.140. The highest BCUT2D eigenvalue weighted by Crippen LogP contribution is 2.24. The molecule has 2 aliphatic rings. The molecule has 4 nitrogen and oxygen atoms in total. The van der Waals surface area contributed by atoms with Crippen molar-refractivity contribution in [3.05, 3.63) is 0 Å². The van der Waals surface area contributed by atoms with Crippen LogP contribution in [0, 0.1) is 11.8 Å². The van der Waals surface area contributed by atoms with Crippen LogP contribution in [-0.2, 0) is 9.59 Å². The van der Waals surface area contributed by atoms with Gasteiger partial charge in [0.1, 0.15) is 0 Å². The van der Waals surface area contributed by atoms with Crippen molar-refractivity contribution in [1.82, 2.24) is 10.6 Å². The van der Waals surface area contributed by atoms with Gasteiger partial charge in [-0.1, -0.05) is 39.5 Å². The Bertz CT molecular complexity index is 322. The number of amides is 2. The molecule has 2 saturated carbocycles. The van der Waals surface area contributed by atoms with Crippen molar-refractivity contribution < 1.29 is 9.59 Å². The molecule has 0 aromatic heterocycles. The van der Waals surface area contributed by atoms with Crippen LogP contribution in [0.1, 0.15) is 65.2 Å². The molecule has 2 N–H and O–H groups in total. The van der Waals surface area contributed by atoms with Crippen LogP contribution in [0.2, 0.25) is 0 Å². The van der Waals surface area contributed by atoms with Gasteiger partial charge in [0.2, 0.25) is 0 Å². The Morgan fingerprint density at radius 2 is 1.05 bits per heavy atom. The summed E-state index contributed by atoms with van der Waals surface area (Å²) in [6, 6.07) is 0.344. The second kappa shape index (κ2) is 7.09. The van der Waals surface area contributed by atoms with Crippen molar-refractivity contribution in [1.29, 1.82) is 0 Å². The van der Waals surface area contributed by atoms with Crippen LogP contribution in [0.4, 0.5) is 0 Å². The van der Waals surface area contributed by atoms with Gasteiger partial charge in [0.15, 0.2) is 0 Å². The number of nitrogens with one attached hydrogen (secondary N) is 2. The number of carbonyl (C=O) groups is 2. The lowest BCUT2D eigenvalue weighted by atomic mass is 9.85. The van der Waals surface area contributed by atoms with Crippen LogP contribution in [0.3, 0.4) is 0 Å². The van der Waals surface area contributed by atoms with E-state index in [-0.39, 0.29) is 12.1 Å². The Morgan fingerprint density at radius 3 is 1.40 bits per heavy atom. The van der Waals surface area contributed by atoms with Crippen molar-refractivity contribution in [2.45, 2.75) is 77.3 Å². The average Bonchev–Trinajstić information content (AvgIpc) is 2.43. The van der Waals surface area contributed by atoms with Crippen LogP contribution in [0.15, 0.2) is 0 Å². The van der Waals surface area contributed by atoms with E-state index in [1.165, 1.54) is 12.8 Å². The van der Waals surface area contributed by atoms with Crippen molar-refractivity contribution >= 4 is 11.8 Å². The summed E-state index contributed by atoms with van der Waals surface area (Å²) in [6.07, 6.45) is 9.06. The maximum atomic E-state index is 12.0. The van der Waals surface area contributed by atoms with E-state index in [1.54, 1.807) is 0 Å².